The monoisotopic (exact) mass is 499 g/mol. The van der Waals surface area contributed by atoms with Gasteiger partial charge in [-0.25, -0.2) is 0 Å². The second kappa shape index (κ2) is 8.83. The molecule has 1 saturated heterocycles. The fourth-order valence-electron chi connectivity index (χ4n) is 4.85. The first-order valence-electron chi connectivity index (χ1n) is 11.6. The minimum Gasteiger partial charge on any atom is -0.357 e. The molecule has 2 aliphatic rings. The van der Waals surface area contributed by atoms with E-state index in [4.69, 9.17) is 23.2 Å². The topological polar surface area (TPSA) is 3.01 Å². The number of rotatable bonds is 7. The molecule has 2 aromatic rings. The molecule has 0 spiro atoms. The number of hydrogen-bond acceptors (Lipinski definition) is 1. The van der Waals surface area contributed by atoms with Crippen LogP contribution in [0, 0.1) is 11.8 Å². The van der Waals surface area contributed by atoms with E-state index in [9.17, 15) is 0 Å². The average molecular weight is 501 g/mol. The SMILES string of the molecule is C[Si](C)(C)/C=C/[C@H]1[C@H](c2ccc(Cl)cc2Cl)[C@@H]1[C@H]1[C@H](/C=C/[Si](C)(C)C)N1c1ccccc1. The molecule has 1 aliphatic heterocycles. The summed E-state index contributed by atoms with van der Waals surface area (Å²) in [5, 5.41) is 1.51. The van der Waals surface area contributed by atoms with Crippen molar-refractivity contribution in [3.63, 3.8) is 0 Å². The molecule has 0 aromatic heterocycles. The third-order valence-corrected chi connectivity index (χ3v) is 9.36. The van der Waals surface area contributed by atoms with Crippen LogP contribution in [0.5, 0.6) is 0 Å². The molecule has 2 aromatic carbocycles. The lowest BCUT2D eigenvalue weighted by atomic mass is 10.1. The molecular formula is C27H35Cl2NSi2. The molecule has 5 atom stereocenters. The Hall–Kier alpha value is -1.27. The van der Waals surface area contributed by atoms with Gasteiger partial charge in [-0.05, 0) is 47.6 Å². The quantitative estimate of drug-likeness (QED) is 0.272. The van der Waals surface area contributed by atoms with Gasteiger partial charge in [-0.2, -0.15) is 0 Å². The largest absolute Gasteiger partial charge is 0.357 e. The molecule has 32 heavy (non-hydrogen) atoms. The van der Waals surface area contributed by atoms with Crippen LogP contribution >= 0.6 is 23.2 Å². The highest BCUT2D eigenvalue weighted by Gasteiger charge is 2.64. The van der Waals surface area contributed by atoms with Crippen molar-refractivity contribution in [2.24, 2.45) is 11.8 Å². The van der Waals surface area contributed by atoms with Crippen LogP contribution in [0.2, 0.25) is 49.3 Å². The van der Waals surface area contributed by atoms with Crippen molar-refractivity contribution in [3.8, 4) is 0 Å². The molecule has 1 saturated carbocycles. The predicted octanol–water partition coefficient (Wildman–Crippen LogP) is 8.45. The van der Waals surface area contributed by atoms with E-state index in [0.717, 1.165) is 5.02 Å². The number of hydrogen-bond donors (Lipinski definition) is 0. The van der Waals surface area contributed by atoms with Gasteiger partial charge in [-0.3, -0.25) is 0 Å². The average Bonchev–Trinajstić information content (AvgIpc) is 3.57. The summed E-state index contributed by atoms with van der Waals surface area (Å²) in [5.74, 6) is 1.55. The van der Waals surface area contributed by atoms with Crippen molar-refractivity contribution in [1.82, 2.24) is 0 Å². The molecule has 170 valence electrons. The lowest BCUT2D eigenvalue weighted by Gasteiger charge is -2.08. The fraction of sp³-hybridized carbons (Fsp3) is 0.407. The number of allylic oxidation sites excluding steroid dienone is 1. The summed E-state index contributed by atoms with van der Waals surface area (Å²) in [7, 11) is -2.53. The molecule has 0 unspecified atom stereocenters. The van der Waals surface area contributed by atoms with Crippen LogP contribution in [-0.4, -0.2) is 28.2 Å². The zero-order chi connectivity index (χ0) is 23.3. The molecular weight excluding hydrogens is 465 g/mol. The summed E-state index contributed by atoms with van der Waals surface area (Å²) < 4.78 is 0. The predicted molar refractivity (Wildman–Crippen MR) is 148 cm³/mol. The van der Waals surface area contributed by atoms with Crippen LogP contribution in [0.25, 0.3) is 0 Å². The summed E-state index contributed by atoms with van der Waals surface area (Å²) in [6.07, 6.45) is 5.00. The van der Waals surface area contributed by atoms with Crippen LogP contribution in [0.1, 0.15) is 11.5 Å². The van der Waals surface area contributed by atoms with Crippen LogP contribution in [0.15, 0.2) is 72.1 Å². The van der Waals surface area contributed by atoms with Gasteiger partial charge in [0.1, 0.15) is 0 Å². The maximum atomic E-state index is 6.70. The number of nitrogens with zero attached hydrogens (tertiary/aromatic N) is 1. The van der Waals surface area contributed by atoms with Gasteiger partial charge in [-0.1, -0.05) is 110 Å². The van der Waals surface area contributed by atoms with Gasteiger partial charge in [0.25, 0.3) is 0 Å². The Morgan fingerprint density at radius 2 is 1.44 bits per heavy atom. The maximum absolute atomic E-state index is 6.70. The number of para-hydroxylation sites is 1. The molecule has 0 bridgehead atoms. The molecule has 1 nitrogen and oxygen atoms in total. The number of benzene rings is 2. The Balaban J connectivity index is 1.68. The Morgan fingerprint density at radius 1 is 0.812 bits per heavy atom. The van der Waals surface area contributed by atoms with Crippen LogP contribution in [-0.2, 0) is 0 Å². The van der Waals surface area contributed by atoms with E-state index in [1.165, 1.54) is 11.3 Å². The minimum absolute atomic E-state index is 0.453. The zero-order valence-electron chi connectivity index (χ0n) is 20.0. The van der Waals surface area contributed by atoms with Gasteiger partial charge in [0, 0.05) is 15.7 Å². The number of anilines is 1. The highest BCUT2D eigenvalue weighted by atomic mass is 35.5. The van der Waals surface area contributed by atoms with Gasteiger partial charge in [0.15, 0.2) is 0 Å². The normalized spacial score (nSPS) is 28.0. The van der Waals surface area contributed by atoms with E-state index in [0.29, 0.717) is 34.9 Å². The third-order valence-electron chi connectivity index (χ3n) is 6.42. The third kappa shape index (κ3) is 5.44. The molecule has 2 fully saturated rings. The summed E-state index contributed by atoms with van der Waals surface area (Å²) >= 11 is 12.9. The second-order valence-electron chi connectivity index (χ2n) is 11.5. The summed E-state index contributed by atoms with van der Waals surface area (Å²) in [6, 6.07) is 17.9. The van der Waals surface area contributed by atoms with Crippen molar-refractivity contribution in [2.75, 3.05) is 4.90 Å². The first kappa shape index (κ1) is 23.9. The first-order valence-corrected chi connectivity index (χ1v) is 19.5. The van der Waals surface area contributed by atoms with E-state index in [1.807, 2.05) is 12.1 Å². The van der Waals surface area contributed by atoms with Crippen molar-refractivity contribution in [1.29, 1.82) is 0 Å². The van der Waals surface area contributed by atoms with Gasteiger partial charge < -0.3 is 4.90 Å². The van der Waals surface area contributed by atoms with E-state index in [2.05, 4.69) is 104 Å². The Kier molecular flexibility index (Phi) is 6.59. The van der Waals surface area contributed by atoms with Crippen molar-refractivity contribution in [2.45, 2.75) is 57.3 Å². The van der Waals surface area contributed by atoms with Gasteiger partial charge in [-0.15, -0.1) is 0 Å². The lowest BCUT2D eigenvalue weighted by Crippen LogP contribution is -2.16. The van der Waals surface area contributed by atoms with E-state index >= 15 is 0 Å². The second-order valence-corrected chi connectivity index (χ2v) is 22.5. The molecule has 0 radical (unpaired) electrons. The van der Waals surface area contributed by atoms with Gasteiger partial charge in [0.05, 0.1) is 28.2 Å². The highest BCUT2D eigenvalue weighted by Crippen LogP contribution is 2.64. The Labute approximate surface area is 206 Å². The highest BCUT2D eigenvalue weighted by molar-refractivity contribution is 6.81. The van der Waals surface area contributed by atoms with E-state index in [-0.39, 0.29) is 0 Å². The molecule has 0 amide bonds. The zero-order valence-corrected chi connectivity index (χ0v) is 23.5. The first-order chi connectivity index (χ1) is 15.0. The van der Waals surface area contributed by atoms with E-state index in [1.54, 1.807) is 0 Å². The molecule has 5 heteroatoms. The van der Waals surface area contributed by atoms with Crippen molar-refractivity contribution in [3.05, 3.63) is 87.7 Å². The standard InChI is InChI=1S/C27H35Cl2NSi2/c1-31(2,3)16-14-22-25(21-13-12-19(28)18-23(21)29)26(22)27-24(15-17-32(4,5)6)30(27)20-10-8-7-9-11-20/h7-18,22,24-27H,1-6H3/b16-14+,17-15+/t22-,24-,25-,26+,27+,30?/m0/s1. The summed E-state index contributed by atoms with van der Waals surface area (Å²) in [6.45, 7) is 14.4. The Morgan fingerprint density at radius 3 is 2.03 bits per heavy atom. The van der Waals surface area contributed by atoms with Crippen molar-refractivity contribution < 1.29 is 0 Å². The van der Waals surface area contributed by atoms with Crippen LogP contribution in [0.3, 0.4) is 0 Å². The fourth-order valence-corrected chi connectivity index (χ4v) is 6.96. The summed E-state index contributed by atoms with van der Waals surface area (Å²) in [5.41, 5.74) is 7.59. The van der Waals surface area contributed by atoms with Crippen molar-refractivity contribution >= 4 is 45.0 Å². The molecule has 0 N–H and O–H groups in total. The lowest BCUT2D eigenvalue weighted by molar-refractivity contribution is 0.754. The summed E-state index contributed by atoms with van der Waals surface area (Å²) in [4.78, 5) is 2.61. The van der Waals surface area contributed by atoms with Crippen LogP contribution < -0.4 is 4.90 Å². The van der Waals surface area contributed by atoms with Gasteiger partial charge in [0.2, 0.25) is 0 Å². The smallest absolute Gasteiger partial charge is 0.0683 e. The number of halogens is 2. The van der Waals surface area contributed by atoms with Gasteiger partial charge >= 0.3 is 0 Å². The maximum Gasteiger partial charge on any atom is 0.0683 e. The van der Waals surface area contributed by atoms with E-state index < -0.39 is 16.1 Å². The Bertz CT molecular complexity index is 1020. The minimum atomic E-state index is -1.27. The van der Waals surface area contributed by atoms with Crippen LogP contribution in [0.4, 0.5) is 5.69 Å². The molecule has 4 rings (SSSR count). The molecule has 1 heterocycles. The molecule has 1 aliphatic carbocycles.